The molecule has 0 aromatic heterocycles. The van der Waals surface area contributed by atoms with Crippen molar-refractivity contribution >= 4 is 34.0 Å². The number of hydrogen-bond donors (Lipinski definition) is 0. The van der Waals surface area contributed by atoms with Crippen LogP contribution in [-0.2, 0) is 10.8 Å². The van der Waals surface area contributed by atoms with Crippen molar-refractivity contribution in [2.24, 2.45) is 5.92 Å². The Bertz CT molecular complexity index is 2940. The van der Waals surface area contributed by atoms with Gasteiger partial charge >= 0.3 is 0 Å². The molecule has 12 rings (SSSR count). The Morgan fingerprint density at radius 3 is 1.57 bits per heavy atom. The molecule has 0 radical (unpaired) electrons. The molecular weight excluding hydrogens is 741 g/mol. The molecule has 1 heterocycles. The van der Waals surface area contributed by atoms with Crippen LogP contribution < -0.4 is 14.5 Å². The minimum absolute atomic E-state index is 0.140. The Morgan fingerprint density at radius 1 is 0.475 bits per heavy atom. The lowest BCUT2D eigenvalue weighted by atomic mass is 9.77. The fourth-order valence-corrected chi connectivity index (χ4v) is 10.9. The average Bonchev–Trinajstić information content (AvgIpc) is 3.67. The number of anilines is 5. The van der Waals surface area contributed by atoms with Crippen LogP contribution in [0, 0.1) is 5.92 Å². The molecule has 0 saturated carbocycles. The van der Waals surface area contributed by atoms with Crippen molar-refractivity contribution in [2.75, 3.05) is 9.80 Å². The summed E-state index contributed by atoms with van der Waals surface area (Å²) in [4.78, 5) is 4.81. The third kappa shape index (κ3) is 5.29. The molecule has 0 N–H and O–H groups in total. The first kappa shape index (κ1) is 35.8. The van der Waals surface area contributed by atoms with Crippen LogP contribution in [0.4, 0.5) is 28.4 Å². The van der Waals surface area contributed by atoms with Crippen molar-refractivity contribution in [3.05, 3.63) is 233 Å². The van der Waals surface area contributed by atoms with E-state index in [1.165, 1.54) is 55.7 Å². The van der Waals surface area contributed by atoms with E-state index in [9.17, 15) is 0 Å². The van der Waals surface area contributed by atoms with Gasteiger partial charge in [0.25, 0.3) is 0 Å². The van der Waals surface area contributed by atoms with Crippen molar-refractivity contribution in [2.45, 2.75) is 44.9 Å². The zero-order chi connectivity index (χ0) is 41.0. The van der Waals surface area contributed by atoms with Gasteiger partial charge in [-0.25, -0.2) is 0 Å². The SMILES string of the molecule is CC1(C)c2ccccc2-c2ccc(N(C3=CCC4C=CC=C5C4=C3Oc3ccc(N(c4ccccc4)c4ccccc4)cc35)c3ccc4c(c3)C(C)(C)c3ccccc3-4)cc21. The van der Waals surface area contributed by atoms with Gasteiger partial charge in [-0.15, -0.1) is 0 Å². The third-order valence-corrected chi connectivity index (χ3v) is 14.0. The number of fused-ring (bicyclic) bond motifs is 8. The first-order valence-electron chi connectivity index (χ1n) is 21.6. The van der Waals surface area contributed by atoms with Crippen LogP contribution >= 0.6 is 0 Å². The van der Waals surface area contributed by atoms with Crippen LogP contribution in [0.5, 0.6) is 5.75 Å². The number of nitrogens with zero attached hydrogens (tertiary/aromatic N) is 2. The number of allylic oxidation sites excluding steroid dienone is 6. The van der Waals surface area contributed by atoms with Crippen molar-refractivity contribution in [1.29, 1.82) is 0 Å². The first-order chi connectivity index (χ1) is 29.8. The molecule has 3 nitrogen and oxygen atoms in total. The summed E-state index contributed by atoms with van der Waals surface area (Å²) in [7, 11) is 0. The fourth-order valence-electron chi connectivity index (χ4n) is 10.9. The van der Waals surface area contributed by atoms with E-state index in [0.29, 0.717) is 0 Å². The third-order valence-electron chi connectivity index (χ3n) is 14.0. The maximum atomic E-state index is 7.30. The zero-order valence-electron chi connectivity index (χ0n) is 35.0. The van der Waals surface area contributed by atoms with E-state index in [1.54, 1.807) is 0 Å². The lowest BCUT2D eigenvalue weighted by molar-refractivity contribution is 0.410. The Kier molecular flexibility index (Phi) is 7.75. The summed E-state index contributed by atoms with van der Waals surface area (Å²) in [5.41, 5.74) is 20.7. The summed E-state index contributed by atoms with van der Waals surface area (Å²) in [6, 6.07) is 60.0. The highest BCUT2D eigenvalue weighted by molar-refractivity contribution is 5.93. The van der Waals surface area contributed by atoms with Gasteiger partial charge in [0.15, 0.2) is 5.76 Å². The molecule has 294 valence electrons. The minimum Gasteiger partial charge on any atom is -0.454 e. The van der Waals surface area contributed by atoms with Crippen LogP contribution in [0.1, 0.15) is 61.9 Å². The normalized spacial score (nSPS) is 17.7. The number of rotatable bonds is 6. The molecule has 0 fully saturated rings. The van der Waals surface area contributed by atoms with E-state index in [4.69, 9.17) is 4.74 Å². The van der Waals surface area contributed by atoms with Crippen LogP contribution in [-0.4, -0.2) is 0 Å². The van der Waals surface area contributed by atoms with Gasteiger partial charge in [-0.2, -0.15) is 0 Å². The molecule has 3 heteroatoms. The minimum atomic E-state index is -0.140. The zero-order valence-corrected chi connectivity index (χ0v) is 35.0. The number of para-hydroxylation sites is 2. The van der Waals surface area contributed by atoms with Crippen molar-refractivity contribution in [3.8, 4) is 28.0 Å². The molecule has 61 heavy (non-hydrogen) atoms. The maximum absolute atomic E-state index is 7.30. The average molecular weight is 787 g/mol. The second-order valence-corrected chi connectivity index (χ2v) is 18.1. The Balaban J connectivity index is 1.02. The van der Waals surface area contributed by atoms with E-state index in [-0.39, 0.29) is 16.7 Å². The molecular formula is C58H46N2O. The fraction of sp³-hybridized carbons (Fsp3) is 0.138. The molecule has 0 bridgehead atoms. The number of benzene rings is 7. The van der Waals surface area contributed by atoms with E-state index in [1.807, 2.05) is 0 Å². The summed E-state index contributed by atoms with van der Waals surface area (Å²) in [6.45, 7) is 9.47. The topological polar surface area (TPSA) is 15.7 Å². The summed E-state index contributed by atoms with van der Waals surface area (Å²) in [6.07, 6.45) is 10.2. The van der Waals surface area contributed by atoms with Gasteiger partial charge < -0.3 is 14.5 Å². The summed E-state index contributed by atoms with van der Waals surface area (Å²) in [5, 5.41) is 0. The molecule has 4 aliphatic carbocycles. The predicted octanol–water partition coefficient (Wildman–Crippen LogP) is 15.1. The molecule has 1 atom stereocenters. The molecule has 7 aromatic rings. The van der Waals surface area contributed by atoms with E-state index >= 15 is 0 Å². The quantitative estimate of drug-likeness (QED) is 0.167. The molecule has 0 saturated heterocycles. The van der Waals surface area contributed by atoms with Gasteiger partial charge in [-0.05, 0) is 123 Å². The van der Waals surface area contributed by atoms with Gasteiger partial charge in [0.2, 0.25) is 0 Å². The largest absolute Gasteiger partial charge is 0.454 e. The van der Waals surface area contributed by atoms with Gasteiger partial charge in [0.1, 0.15) is 5.75 Å². The summed E-state index contributed by atoms with van der Waals surface area (Å²) < 4.78 is 7.30. The highest BCUT2D eigenvalue weighted by atomic mass is 16.5. The molecule has 7 aromatic carbocycles. The first-order valence-corrected chi connectivity index (χ1v) is 21.6. The monoisotopic (exact) mass is 786 g/mol. The number of ether oxygens (including phenoxy) is 1. The highest BCUT2D eigenvalue weighted by Gasteiger charge is 2.41. The van der Waals surface area contributed by atoms with Gasteiger partial charge in [0.05, 0.1) is 5.70 Å². The van der Waals surface area contributed by atoms with Crippen LogP contribution in [0.15, 0.2) is 205 Å². The highest BCUT2D eigenvalue weighted by Crippen LogP contribution is 2.56. The predicted molar refractivity (Wildman–Crippen MR) is 252 cm³/mol. The smallest absolute Gasteiger partial charge is 0.155 e. The second-order valence-electron chi connectivity index (χ2n) is 18.1. The van der Waals surface area contributed by atoms with E-state index < -0.39 is 0 Å². The molecule has 0 spiro atoms. The van der Waals surface area contributed by atoms with Gasteiger partial charge in [0, 0.05) is 56.3 Å². The lowest BCUT2D eigenvalue weighted by Gasteiger charge is -2.39. The van der Waals surface area contributed by atoms with E-state index in [2.05, 4.69) is 226 Å². The van der Waals surface area contributed by atoms with Crippen LogP contribution in [0.2, 0.25) is 0 Å². The molecule has 5 aliphatic rings. The van der Waals surface area contributed by atoms with Crippen molar-refractivity contribution in [1.82, 2.24) is 0 Å². The van der Waals surface area contributed by atoms with Crippen LogP contribution in [0.3, 0.4) is 0 Å². The lowest BCUT2D eigenvalue weighted by Crippen LogP contribution is -2.29. The van der Waals surface area contributed by atoms with Gasteiger partial charge in [-0.1, -0.05) is 149 Å². The summed E-state index contributed by atoms with van der Waals surface area (Å²) >= 11 is 0. The second kappa shape index (κ2) is 13.2. The Morgan fingerprint density at radius 2 is 0.984 bits per heavy atom. The Hall–Kier alpha value is -7.10. The maximum Gasteiger partial charge on any atom is 0.155 e. The standard InChI is InChI=1S/C58H46N2O/c1-57(2)49-24-13-11-21-43(49)45-30-27-41(35-51(45)57)60(42-28-31-46-44-22-12-14-25-50(44)58(3,4)52(46)36-42)53-32-26-37-16-15-23-47-48-34-40(29-33-54(48)61-56(53)55(37)47)59(38-17-7-5-8-18-38)39-19-9-6-10-20-39/h5-25,27-37H,26H2,1-4H3. The van der Waals surface area contributed by atoms with Crippen molar-refractivity contribution < 1.29 is 4.74 Å². The number of hydrogen-bond acceptors (Lipinski definition) is 3. The molecule has 1 aliphatic heterocycles. The molecule has 1 unspecified atom stereocenters. The van der Waals surface area contributed by atoms with Crippen LogP contribution in [0.25, 0.3) is 27.8 Å². The Labute approximate surface area is 358 Å². The molecule has 0 amide bonds. The van der Waals surface area contributed by atoms with Crippen molar-refractivity contribution in [3.63, 3.8) is 0 Å². The van der Waals surface area contributed by atoms with Gasteiger partial charge in [-0.3, -0.25) is 0 Å². The van der Waals surface area contributed by atoms with E-state index in [0.717, 1.165) is 57.6 Å². The summed E-state index contributed by atoms with van der Waals surface area (Å²) in [5.74, 6) is 2.01.